The highest BCUT2D eigenvalue weighted by molar-refractivity contribution is 6.35. The van der Waals surface area contributed by atoms with Gasteiger partial charge >= 0.3 is 5.97 Å². The highest BCUT2D eigenvalue weighted by Crippen LogP contribution is 2.33. The Labute approximate surface area is 212 Å². The van der Waals surface area contributed by atoms with Gasteiger partial charge in [-0.3, -0.25) is 14.4 Å². The summed E-state index contributed by atoms with van der Waals surface area (Å²) < 4.78 is 10.6. The predicted molar refractivity (Wildman–Crippen MR) is 138 cm³/mol. The van der Waals surface area contributed by atoms with Crippen molar-refractivity contribution < 1.29 is 28.7 Å². The minimum atomic E-state index is -0.716. The molecule has 4 aromatic rings. The molecule has 0 bridgehead atoms. The molecule has 8 heteroatoms. The highest BCUT2D eigenvalue weighted by Gasteiger charge is 2.33. The van der Waals surface area contributed by atoms with E-state index in [1.807, 2.05) is 19.1 Å². The molecular formula is C29H22N2O6. The fourth-order valence-electron chi connectivity index (χ4n) is 4.26. The van der Waals surface area contributed by atoms with Crippen LogP contribution in [0.2, 0.25) is 0 Å². The number of imide groups is 1. The van der Waals surface area contributed by atoms with Crippen molar-refractivity contribution in [2.75, 3.05) is 23.4 Å². The van der Waals surface area contributed by atoms with E-state index in [4.69, 9.17) is 9.47 Å². The summed E-state index contributed by atoms with van der Waals surface area (Å²) in [5, 5.41) is 4.11. The van der Waals surface area contributed by atoms with E-state index >= 15 is 0 Å². The molecule has 0 spiro atoms. The Morgan fingerprint density at radius 2 is 1.46 bits per heavy atom. The monoisotopic (exact) mass is 494 g/mol. The van der Waals surface area contributed by atoms with Gasteiger partial charge in [-0.25, -0.2) is 9.69 Å². The Morgan fingerprint density at radius 3 is 2.11 bits per heavy atom. The molecule has 0 radical (unpaired) electrons. The van der Waals surface area contributed by atoms with Crippen LogP contribution in [-0.2, 0) is 9.53 Å². The molecule has 1 aliphatic heterocycles. The molecule has 184 valence electrons. The summed E-state index contributed by atoms with van der Waals surface area (Å²) in [4.78, 5) is 52.3. The maximum Gasteiger partial charge on any atom is 0.338 e. The number of hydrogen-bond acceptors (Lipinski definition) is 6. The van der Waals surface area contributed by atoms with Gasteiger partial charge in [0, 0.05) is 16.5 Å². The fraction of sp³-hybridized carbons (Fsp3) is 0.103. The smallest absolute Gasteiger partial charge is 0.338 e. The van der Waals surface area contributed by atoms with Crippen molar-refractivity contribution in [3.8, 4) is 5.75 Å². The summed E-state index contributed by atoms with van der Waals surface area (Å²) in [6.45, 7) is 1.78. The Morgan fingerprint density at radius 1 is 0.811 bits per heavy atom. The molecule has 0 saturated carbocycles. The van der Waals surface area contributed by atoms with Crippen molar-refractivity contribution >= 4 is 45.8 Å². The van der Waals surface area contributed by atoms with Gasteiger partial charge < -0.3 is 14.8 Å². The van der Waals surface area contributed by atoms with Gasteiger partial charge in [0.25, 0.3) is 17.7 Å². The van der Waals surface area contributed by atoms with Crippen LogP contribution in [0.4, 0.5) is 11.4 Å². The number of rotatable bonds is 7. The van der Waals surface area contributed by atoms with Crippen LogP contribution in [0, 0.1) is 0 Å². The van der Waals surface area contributed by atoms with Gasteiger partial charge in [0.1, 0.15) is 5.75 Å². The molecule has 0 atom stereocenters. The molecule has 3 amide bonds. The Kier molecular flexibility index (Phi) is 6.38. The summed E-state index contributed by atoms with van der Waals surface area (Å²) in [6.07, 6.45) is 0. The van der Waals surface area contributed by atoms with Gasteiger partial charge in [0.05, 0.1) is 23.5 Å². The van der Waals surface area contributed by atoms with Crippen molar-refractivity contribution in [3.05, 3.63) is 102 Å². The van der Waals surface area contributed by atoms with E-state index in [0.29, 0.717) is 40.2 Å². The minimum absolute atomic E-state index is 0.172. The zero-order valence-electron chi connectivity index (χ0n) is 19.9. The average molecular weight is 495 g/mol. The van der Waals surface area contributed by atoms with Crippen LogP contribution in [0.25, 0.3) is 10.8 Å². The maximum absolute atomic E-state index is 13.2. The third-order valence-corrected chi connectivity index (χ3v) is 5.93. The molecule has 0 aliphatic carbocycles. The number of para-hydroxylation sites is 2. The number of hydrogen-bond donors (Lipinski definition) is 1. The number of amides is 3. The summed E-state index contributed by atoms with van der Waals surface area (Å²) in [5.74, 6) is -1.59. The molecule has 0 unspecified atom stereocenters. The first-order valence-electron chi connectivity index (χ1n) is 11.7. The summed E-state index contributed by atoms with van der Waals surface area (Å²) in [6, 6.07) is 23.5. The van der Waals surface area contributed by atoms with Gasteiger partial charge in [-0.05, 0) is 60.8 Å². The lowest BCUT2D eigenvalue weighted by atomic mass is 9.94. The summed E-state index contributed by atoms with van der Waals surface area (Å²) in [5.41, 5.74) is 1.85. The molecule has 0 aromatic heterocycles. The molecule has 0 fully saturated rings. The van der Waals surface area contributed by atoms with Crippen LogP contribution in [-0.4, -0.2) is 36.9 Å². The first-order valence-corrected chi connectivity index (χ1v) is 11.7. The summed E-state index contributed by atoms with van der Waals surface area (Å²) in [7, 11) is 0. The zero-order valence-corrected chi connectivity index (χ0v) is 19.9. The van der Waals surface area contributed by atoms with Crippen LogP contribution in [0.3, 0.4) is 0 Å². The number of carbonyl (C=O) groups excluding carboxylic acids is 4. The number of esters is 1. The third-order valence-electron chi connectivity index (χ3n) is 5.93. The van der Waals surface area contributed by atoms with E-state index in [1.54, 1.807) is 48.5 Å². The second-order valence-electron chi connectivity index (χ2n) is 8.26. The quantitative estimate of drug-likeness (QED) is 0.292. The first kappa shape index (κ1) is 23.7. The van der Waals surface area contributed by atoms with Crippen LogP contribution < -0.4 is 15.0 Å². The Hall–Kier alpha value is -4.98. The Bertz CT molecular complexity index is 1490. The third kappa shape index (κ3) is 4.52. The molecule has 5 rings (SSSR count). The second kappa shape index (κ2) is 9.94. The molecular weight excluding hydrogens is 472 g/mol. The lowest BCUT2D eigenvalue weighted by Crippen LogP contribution is -2.40. The molecule has 1 heterocycles. The minimum Gasteiger partial charge on any atom is -0.492 e. The summed E-state index contributed by atoms with van der Waals surface area (Å²) >= 11 is 0. The topological polar surface area (TPSA) is 102 Å². The standard InChI is InChI=1S/C29H22N2O6/c1-2-36-24-12-4-3-11-23(24)30-25(32)17-37-29(35)19-13-15-20(16-14-19)31-27(33)21-9-5-7-18-8-6-10-22(26(18)21)28(31)34/h3-16H,2,17H2,1H3,(H,30,32). The van der Waals surface area contributed by atoms with Crippen LogP contribution in [0.15, 0.2) is 84.9 Å². The second-order valence-corrected chi connectivity index (χ2v) is 8.26. The van der Waals surface area contributed by atoms with Gasteiger partial charge in [0.15, 0.2) is 6.61 Å². The highest BCUT2D eigenvalue weighted by atomic mass is 16.5. The number of benzene rings is 4. The number of nitrogens with zero attached hydrogens (tertiary/aromatic N) is 1. The molecule has 1 N–H and O–H groups in total. The number of nitrogens with one attached hydrogen (secondary N) is 1. The number of ether oxygens (including phenoxy) is 2. The maximum atomic E-state index is 13.2. The van der Waals surface area contributed by atoms with Crippen molar-refractivity contribution in [2.24, 2.45) is 0 Å². The van der Waals surface area contributed by atoms with Crippen molar-refractivity contribution in [3.63, 3.8) is 0 Å². The van der Waals surface area contributed by atoms with Crippen molar-refractivity contribution in [2.45, 2.75) is 6.92 Å². The average Bonchev–Trinajstić information content (AvgIpc) is 2.92. The van der Waals surface area contributed by atoms with Gasteiger partial charge in [0.2, 0.25) is 0 Å². The van der Waals surface area contributed by atoms with Gasteiger partial charge in [-0.1, -0.05) is 36.4 Å². The molecule has 0 saturated heterocycles. The lowest BCUT2D eigenvalue weighted by molar-refractivity contribution is -0.119. The van der Waals surface area contributed by atoms with E-state index in [0.717, 1.165) is 10.3 Å². The van der Waals surface area contributed by atoms with Crippen molar-refractivity contribution in [1.82, 2.24) is 0 Å². The van der Waals surface area contributed by atoms with Crippen LogP contribution >= 0.6 is 0 Å². The number of carbonyl (C=O) groups is 4. The van der Waals surface area contributed by atoms with E-state index in [9.17, 15) is 19.2 Å². The van der Waals surface area contributed by atoms with E-state index in [2.05, 4.69) is 5.32 Å². The molecule has 8 nitrogen and oxygen atoms in total. The van der Waals surface area contributed by atoms with Gasteiger partial charge in [-0.15, -0.1) is 0 Å². The van der Waals surface area contributed by atoms with Crippen molar-refractivity contribution in [1.29, 1.82) is 0 Å². The Balaban J connectivity index is 1.27. The normalized spacial score (nSPS) is 12.4. The first-order chi connectivity index (χ1) is 18.0. The molecule has 37 heavy (non-hydrogen) atoms. The van der Waals surface area contributed by atoms with Crippen LogP contribution in [0.5, 0.6) is 5.75 Å². The number of anilines is 2. The van der Waals surface area contributed by atoms with E-state index < -0.39 is 30.3 Å². The fourth-order valence-corrected chi connectivity index (χ4v) is 4.26. The van der Waals surface area contributed by atoms with E-state index in [-0.39, 0.29) is 5.56 Å². The molecule has 1 aliphatic rings. The largest absolute Gasteiger partial charge is 0.492 e. The molecule has 4 aromatic carbocycles. The predicted octanol–water partition coefficient (Wildman–Crippen LogP) is 4.83. The van der Waals surface area contributed by atoms with Crippen LogP contribution in [0.1, 0.15) is 38.0 Å². The zero-order chi connectivity index (χ0) is 25.9. The SMILES string of the molecule is CCOc1ccccc1NC(=O)COC(=O)c1ccc(N2C(=O)c3cccc4cccc(c34)C2=O)cc1. The van der Waals surface area contributed by atoms with E-state index in [1.165, 1.54) is 24.3 Å². The van der Waals surface area contributed by atoms with Gasteiger partial charge in [-0.2, -0.15) is 0 Å². The lowest BCUT2D eigenvalue weighted by Gasteiger charge is -2.27.